The lowest BCUT2D eigenvalue weighted by molar-refractivity contribution is -0.387. The van der Waals surface area contributed by atoms with E-state index in [2.05, 4.69) is 0 Å². The number of nitrogens with zero attached hydrogens (tertiary/aromatic N) is 3. The molecule has 1 N–H and O–H groups in total. The number of rotatable bonds is 6. The van der Waals surface area contributed by atoms with E-state index >= 15 is 0 Å². The van der Waals surface area contributed by atoms with E-state index in [1.54, 1.807) is 46.2 Å². The van der Waals surface area contributed by atoms with Crippen molar-refractivity contribution >= 4 is 35.3 Å². The summed E-state index contributed by atoms with van der Waals surface area (Å²) in [5.41, 5.74) is 1.23. The van der Waals surface area contributed by atoms with E-state index in [1.165, 1.54) is 30.8 Å². The number of aliphatic hydroxyl groups excluding tert-OH is 1. The number of carbonyl (C=O) groups is 2. The largest absolute Gasteiger partial charge is 0.392 e. The number of nitro benzene ring substituents is 1. The molecular weight excluding hydrogens is 418 g/mol. The van der Waals surface area contributed by atoms with E-state index in [0.717, 1.165) is 10.5 Å². The van der Waals surface area contributed by atoms with Gasteiger partial charge in [0.1, 0.15) is 0 Å². The zero-order chi connectivity index (χ0) is 22.4. The maximum absolute atomic E-state index is 12.4. The highest BCUT2D eigenvalue weighted by molar-refractivity contribution is 7.99. The maximum Gasteiger partial charge on any atom is 0.283 e. The molecule has 3 rings (SSSR count). The van der Waals surface area contributed by atoms with Crippen LogP contribution in [0.4, 0.5) is 5.69 Å². The van der Waals surface area contributed by atoms with Crippen molar-refractivity contribution in [1.29, 1.82) is 0 Å². The highest BCUT2D eigenvalue weighted by atomic mass is 32.2. The fourth-order valence-electron chi connectivity index (χ4n) is 3.22. The quantitative estimate of drug-likeness (QED) is 0.420. The van der Waals surface area contributed by atoms with Crippen molar-refractivity contribution < 1.29 is 19.6 Å². The number of amides is 2. The number of benzene rings is 2. The van der Waals surface area contributed by atoms with E-state index in [1.807, 2.05) is 6.07 Å². The van der Waals surface area contributed by atoms with E-state index < -0.39 is 4.92 Å². The molecule has 0 aliphatic carbocycles. The van der Waals surface area contributed by atoms with Crippen LogP contribution in [0.3, 0.4) is 0 Å². The number of aliphatic hydroxyl groups is 1. The van der Waals surface area contributed by atoms with Crippen molar-refractivity contribution in [3.05, 3.63) is 69.8 Å². The Bertz CT molecular complexity index is 1020. The Kier molecular flexibility index (Phi) is 7.43. The molecular formula is C22H23N3O5S. The van der Waals surface area contributed by atoms with Gasteiger partial charge in [-0.05, 0) is 35.4 Å². The van der Waals surface area contributed by atoms with Crippen LogP contribution in [0.5, 0.6) is 0 Å². The second kappa shape index (κ2) is 10.2. The van der Waals surface area contributed by atoms with Crippen LogP contribution >= 0.6 is 11.8 Å². The third kappa shape index (κ3) is 5.93. The second-order valence-corrected chi connectivity index (χ2v) is 8.17. The molecule has 162 valence electrons. The molecule has 0 bridgehead atoms. The van der Waals surface area contributed by atoms with Gasteiger partial charge in [-0.2, -0.15) is 0 Å². The van der Waals surface area contributed by atoms with Crippen LogP contribution in [0.15, 0.2) is 58.3 Å². The summed E-state index contributed by atoms with van der Waals surface area (Å²) in [5, 5.41) is 20.8. The molecule has 1 heterocycles. The molecule has 1 fully saturated rings. The van der Waals surface area contributed by atoms with Crippen molar-refractivity contribution in [2.75, 3.05) is 26.2 Å². The van der Waals surface area contributed by atoms with Crippen LogP contribution in [-0.4, -0.2) is 57.8 Å². The fourth-order valence-corrected chi connectivity index (χ4v) is 4.20. The molecule has 8 nitrogen and oxygen atoms in total. The van der Waals surface area contributed by atoms with E-state index in [4.69, 9.17) is 0 Å². The SMILES string of the molecule is CC(=O)N1CCN(C(=O)/C=C/c2ccc(Sc3cccc(CO)c3)c([N+](=O)[O-])c2)CC1. The number of nitro groups is 1. The van der Waals surface area contributed by atoms with Crippen molar-refractivity contribution in [2.24, 2.45) is 0 Å². The van der Waals surface area contributed by atoms with Crippen LogP contribution in [0.25, 0.3) is 6.08 Å². The summed E-state index contributed by atoms with van der Waals surface area (Å²) in [6.07, 6.45) is 2.97. The Morgan fingerprint density at radius 3 is 2.48 bits per heavy atom. The predicted molar refractivity (Wildman–Crippen MR) is 117 cm³/mol. The molecule has 2 amide bonds. The first-order valence-corrected chi connectivity index (χ1v) is 10.6. The summed E-state index contributed by atoms with van der Waals surface area (Å²) in [7, 11) is 0. The molecule has 1 saturated heterocycles. The summed E-state index contributed by atoms with van der Waals surface area (Å²) in [4.78, 5) is 39.6. The molecule has 1 aliphatic heterocycles. The van der Waals surface area contributed by atoms with Gasteiger partial charge in [0.05, 0.1) is 16.4 Å². The number of piperazine rings is 1. The van der Waals surface area contributed by atoms with Gasteiger partial charge in [0.25, 0.3) is 5.69 Å². The van der Waals surface area contributed by atoms with Crippen LogP contribution < -0.4 is 0 Å². The van der Waals surface area contributed by atoms with Crippen LogP contribution in [0, 0.1) is 10.1 Å². The monoisotopic (exact) mass is 441 g/mol. The standard InChI is InChI=1S/C22H23N3O5S/c1-16(27)23-9-11-24(12-10-23)22(28)8-6-17-5-7-21(20(14-17)25(29)30)31-19-4-2-3-18(13-19)15-26/h2-8,13-14,26H,9-12,15H2,1H3/b8-6+. The number of carbonyl (C=O) groups excluding carboxylic acids is 2. The smallest absolute Gasteiger partial charge is 0.283 e. The van der Waals surface area contributed by atoms with Gasteiger partial charge >= 0.3 is 0 Å². The zero-order valence-electron chi connectivity index (χ0n) is 17.1. The lowest BCUT2D eigenvalue weighted by atomic mass is 10.2. The highest BCUT2D eigenvalue weighted by Crippen LogP contribution is 2.36. The topological polar surface area (TPSA) is 104 Å². The summed E-state index contributed by atoms with van der Waals surface area (Å²) < 4.78 is 0. The third-order valence-corrected chi connectivity index (χ3v) is 6.00. The molecule has 0 atom stereocenters. The molecule has 0 spiro atoms. The molecule has 2 aromatic carbocycles. The van der Waals surface area contributed by atoms with Gasteiger partial charge in [-0.15, -0.1) is 0 Å². The number of hydrogen-bond donors (Lipinski definition) is 1. The second-order valence-electron chi connectivity index (χ2n) is 7.06. The lowest BCUT2D eigenvalue weighted by Gasteiger charge is -2.33. The normalized spacial score (nSPS) is 14.1. The highest BCUT2D eigenvalue weighted by Gasteiger charge is 2.21. The maximum atomic E-state index is 12.4. The molecule has 0 aromatic heterocycles. The summed E-state index contributed by atoms with van der Waals surface area (Å²) in [5.74, 6) is -0.193. The molecule has 0 unspecified atom stereocenters. The first-order chi connectivity index (χ1) is 14.9. The average Bonchev–Trinajstić information content (AvgIpc) is 2.78. The average molecular weight is 442 g/mol. The molecule has 31 heavy (non-hydrogen) atoms. The van der Waals surface area contributed by atoms with Gasteiger partial charge in [-0.3, -0.25) is 19.7 Å². The van der Waals surface area contributed by atoms with Crippen LogP contribution in [-0.2, 0) is 16.2 Å². The van der Waals surface area contributed by atoms with E-state index in [0.29, 0.717) is 36.6 Å². The molecule has 2 aromatic rings. The lowest BCUT2D eigenvalue weighted by Crippen LogP contribution is -2.49. The minimum atomic E-state index is -0.446. The molecule has 0 radical (unpaired) electrons. The Labute approximate surface area is 184 Å². The first kappa shape index (κ1) is 22.5. The summed E-state index contributed by atoms with van der Waals surface area (Å²) in [6, 6.07) is 12.0. The van der Waals surface area contributed by atoms with Gasteiger partial charge in [0.2, 0.25) is 11.8 Å². The van der Waals surface area contributed by atoms with Gasteiger partial charge in [0.15, 0.2) is 0 Å². The van der Waals surface area contributed by atoms with Crippen molar-refractivity contribution in [1.82, 2.24) is 9.80 Å². The van der Waals surface area contributed by atoms with Gasteiger partial charge in [-0.1, -0.05) is 30.0 Å². The molecule has 9 heteroatoms. The van der Waals surface area contributed by atoms with Gasteiger partial charge in [0, 0.05) is 50.1 Å². The van der Waals surface area contributed by atoms with Crippen LogP contribution in [0.1, 0.15) is 18.1 Å². The minimum absolute atomic E-state index is 0.00371. The van der Waals surface area contributed by atoms with Gasteiger partial charge < -0.3 is 14.9 Å². The van der Waals surface area contributed by atoms with Crippen molar-refractivity contribution in [3.63, 3.8) is 0 Å². The Hall–Kier alpha value is -3.17. The summed E-state index contributed by atoms with van der Waals surface area (Å²) >= 11 is 1.25. The van der Waals surface area contributed by atoms with Crippen molar-refractivity contribution in [3.8, 4) is 0 Å². The van der Waals surface area contributed by atoms with Gasteiger partial charge in [-0.25, -0.2) is 0 Å². The number of hydrogen-bond acceptors (Lipinski definition) is 6. The van der Waals surface area contributed by atoms with E-state index in [-0.39, 0.29) is 24.1 Å². The Morgan fingerprint density at radius 2 is 1.84 bits per heavy atom. The van der Waals surface area contributed by atoms with Crippen molar-refractivity contribution in [2.45, 2.75) is 23.3 Å². The molecule has 0 saturated carbocycles. The first-order valence-electron chi connectivity index (χ1n) is 9.76. The summed E-state index contributed by atoms with van der Waals surface area (Å²) in [6.45, 7) is 3.35. The third-order valence-electron chi connectivity index (χ3n) is 4.94. The van der Waals surface area contributed by atoms with E-state index in [9.17, 15) is 24.8 Å². The Morgan fingerprint density at radius 1 is 1.13 bits per heavy atom. The zero-order valence-corrected chi connectivity index (χ0v) is 17.9. The fraction of sp³-hybridized carbons (Fsp3) is 0.273. The Balaban J connectivity index is 1.71. The predicted octanol–water partition coefficient (Wildman–Crippen LogP) is 2.94. The minimum Gasteiger partial charge on any atom is -0.392 e. The van der Waals surface area contributed by atoms with Crippen LogP contribution in [0.2, 0.25) is 0 Å². The molecule has 1 aliphatic rings.